The molecule has 0 radical (unpaired) electrons. The molecule has 0 amide bonds. The van der Waals surface area contributed by atoms with E-state index in [2.05, 4.69) is 6.92 Å². The van der Waals surface area contributed by atoms with E-state index >= 15 is 0 Å². The lowest BCUT2D eigenvalue weighted by Gasteiger charge is -2.23. The fourth-order valence-corrected chi connectivity index (χ4v) is 2.43. The van der Waals surface area contributed by atoms with E-state index in [4.69, 9.17) is 9.47 Å². The van der Waals surface area contributed by atoms with Crippen molar-refractivity contribution in [2.45, 2.75) is 32.6 Å². The van der Waals surface area contributed by atoms with Crippen LogP contribution in [-0.4, -0.2) is 38.0 Å². The highest BCUT2D eigenvalue weighted by molar-refractivity contribution is 5.75. The van der Waals surface area contributed by atoms with E-state index in [1.807, 2.05) is 0 Å². The molecule has 4 heteroatoms. The van der Waals surface area contributed by atoms with Gasteiger partial charge in [-0.1, -0.05) is 6.92 Å². The maximum absolute atomic E-state index is 11.3. The molecule has 0 aromatic rings. The van der Waals surface area contributed by atoms with Crippen molar-refractivity contribution < 1.29 is 19.4 Å². The quantitative estimate of drug-likeness (QED) is 0.679. The molecular formula is C12H22O4. The van der Waals surface area contributed by atoms with Crippen LogP contribution >= 0.6 is 0 Å². The maximum atomic E-state index is 11.3. The van der Waals surface area contributed by atoms with E-state index in [1.54, 1.807) is 7.11 Å². The van der Waals surface area contributed by atoms with E-state index in [0.29, 0.717) is 32.2 Å². The van der Waals surface area contributed by atoms with Gasteiger partial charge in [0.25, 0.3) is 0 Å². The third kappa shape index (κ3) is 3.46. The number of carboxylic acid groups (broad SMARTS) is 1. The zero-order valence-corrected chi connectivity index (χ0v) is 10.2. The summed E-state index contributed by atoms with van der Waals surface area (Å²) < 4.78 is 10.2. The zero-order valence-electron chi connectivity index (χ0n) is 10.2. The van der Waals surface area contributed by atoms with Gasteiger partial charge in [0.1, 0.15) is 0 Å². The van der Waals surface area contributed by atoms with Crippen LogP contribution in [-0.2, 0) is 14.3 Å². The zero-order chi connectivity index (χ0) is 12.0. The van der Waals surface area contributed by atoms with Crippen molar-refractivity contribution in [3.8, 4) is 0 Å². The van der Waals surface area contributed by atoms with Crippen LogP contribution in [0.4, 0.5) is 0 Å². The van der Waals surface area contributed by atoms with Crippen molar-refractivity contribution in [1.29, 1.82) is 0 Å². The molecule has 0 spiro atoms. The van der Waals surface area contributed by atoms with Crippen molar-refractivity contribution in [3.05, 3.63) is 0 Å². The molecule has 1 aliphatic carbocycles. The standard InChI is InChI=1S/C12H22O4/c1-10-3-4-12(9-10,11(13)14)5-6-16-8-7-15-2/h10H,3-9H2,1-2H3,(H,13,14). The van der Waals surface area contributed by atoms with Gasteiger partial charge in [-0.2, -0.15) is 0 Å². The van der Waals surface area contributed by atoms with Crippen molar-refractivity contribution >= 4 is 5.97 Å². The Morgan fingerprint density at radius 2 is 2.19 bits per heavy atom. The molecule has 16 heavy (non-hydrogen) atoms. The third-order valence-corrected chi connectivity index (χ3v) is 3.47. The first-order valence-electron chi connectivity index (χ1n) is 5.91. The minimum Gasteiger partial charge on any atom is -0.481 e. The smallest absolute Gasteiger partial charge is 0.309 e. The fourth-order valence-electron chi connectivity index (χ4n) is 2.43. The number of ether oxygens (including phenoxy) is 2. The summed E-state index contributed by atoms with van der Waals surface area (Å²) in [6, 6.07) is 0. The molecule has 0 saturated heterocycles. The summed E-state index contributed by atoms with van der Waals surface area (Å²) in [7, 11) is 1.63. The number of carboxylic acids is 1. The Labute approximate surface area is 96.9 Å². The molecular weight excluding hydrogens is 208 g/mol. The summed E-state index contributed by atoms with van der Waals surface area (Å²) in [5, 5.41) is 9.30. The average Bonchev–Trinajstić information content (AvgIpc) is 2.61. The number of rotatable bonds is 7. The van der Waals surface area contributed by atoms with E-state index in [-0.39, 0.29) is 0 Å². The van der Waals surface area contributed by atoms with Gasteiger partial charge in [0.05, 0.1) is 18.6 Å². The lowest BCUT2D eigenvalue weighted by molar-refractivity contribution is -0.150. The Morgan fingerprint density at radius 1 is 1.44 bits per heavy atom. The second kappa shape index (κ2) is 6.21. The van der Waals surface area contributed by atoms with E-state index in [0.717, 1.165) is 19.3 Å². The first-order valence-corrected chi connectivity index (χ1v) is 5.91. The van der Waals surface area contributed by atoms with Gasteiger partial charge in [0, 0.05) is 13.7 Å². The number of hydrogen-bond donors (Lipinski definition) is 1. The molecule has 1 fully saturated rings. The molecule has 1 aliphatic rings. The third-order valence-electron chi connectivity index (χ3n) is 3.47. The minimum atomic E-state index is -0.660. The highest BCUT2D eigenvalue weighted by atomic mass is 16.5. The Balaban J connectivity index is 2.32. The number of aliphatic carboxylic acids is 1. The summed E-state index contributed by atoms with van der Waals surface area (Å²) in [6.07, 6.45) is 3.22. The van der Waals surface area contributed by atoms with Gasteiger partial charge in [0.15, 0.2) is 0 Å². The number of hydrogen-bond acceptors (Lipinski definition) is 3. The fraction of sp³-hybridized carbons (Fsp3) is 0.917. The Kier molecular flexibility index (Phi) is 5.22. The van der Waals surface area contributed by atoms with Gasteiger partial charge in [-0.05, 0) is 31.6 Å². The second-order valence-corrected chi connectivity index (χ2v) is 4.79. The summed E-state index contributed by atoms with van der Waals surface area (Å²) >= 11 is 0. The highest BCUT2D eigenvalue weighted by Gasteiger charge is 2.43. The van der Waals surface area contributed by atoms with Gasteiger partial charge in [-0.25, -0.2) is 0 Å². The number of methoxy groups -OCH3 is 1. The van der Waals surface area contributed by atoms with Crippen molar-refractivity contribution in [1.82, 2.24) is 0 Å². The van der Waals surface area contributed by atoms with Crippen LogP contribution in [0.5, 0.6) is 0 Å². The van der Waals surface area contributed by atoms with Gasteiger partial charge >= 0.3 is 5.97 Å². The van der Waals surface area contributed by atoms with Crippen molar-refractivity contribution in [2.75, 3.05) is 26.9 Å². The van der Waals surface area contributed by atoms with E-state index in [9.17, 15) is 9.90 Å². The Hall–Kier alpha value is -0.610. The largest absolute Gasteiger partial charge is 0.481 e. The van der Waals surface area contributed by atoms with Gasteiger partial charge in [0.2, 0.25) is 0 Å². The van der Waals surface area contributed by atoms with Gasteiger partial charge < -0.3 is 14.6 Å². The summed E-state index contributed by atoms with van der Waals surface area (Å²) in [6.45, 7) is 3.75. The second-order valence-electron chi connectivity index (χ2n) is 4.79. The van der Waals surface area contributed by atoms with Gasteiger partial charge in [-0.15, -0.1) is 0 Å². The molecule has 0 aromatic heterocycles. The van der Waals surface area contributed by atoms with Crippen LogP contribution in [0.1, 0.15) is 32.6 Å². The molecule has 1 N–H and O–H groups in total. The lowest BCUT2D eigenvalue weighted by atomic mass is 9.82. The molecule has 0 aliphatic heterocycles. The predicted molar refractivity (Wildman–Crippen MR) is 60.4 cm³/mol. The minimum absolute atomic E-state index is 0.516. The molecule has 94 valence electrons. The topological polar surface area (TPSA) is 55.8 Å². The molecule has 4 nitrogen and oxygen atoms in total. The van der Waals surface area contributed by atoms with Gasteiger partial charge in [-0.3, -0.25) is 4.79 Å². The SMILES string of the molecule is COCCOCCC1(C(=O)O)CCC(C)C1. The Morgan fingerprint density at radius 3 is 2.69 bits per heavy atom. The average molecular weight is 230 g/mol. The molecule has 1 rings (SSSR count). The molecule has 1 saturated carbocycles. The molecule has 0 bridgehead atoms. The van der Waals surface area contributed by atoms with Crippen LogP contribution in [0.2, 0.25) is 0 Å². The van der Waals surface area contributed by atoms with Crippen LogP contribution in [0.3, 0.4) is 0 Å². The van der Waals surface area contributed by atoms with Crippen LogP contribution in [0, 0.1) is 11.3 Å². The van der Waals surface area contributed by atoms with Crippen molar-refractivity contribution in [2.24, 2.45) is 11.3 Å². The summed E-state index contributed by atoms with van der Waals surface area (Å²) in [4.78, 5) is 11.3. The molecule has 0 aromatic carbocycles. The van der Waals surface area contributed by atoms with Crippen LogP contribution in [0.25, 0.3) is 0 Å². The van der Waals surface area contributed by atoms with Crippen LogP contribution in [0.15, 0.2) is 0 Å². The maximum Gasteiger partial charge on any atom is 0.309 e. The van der Waals surface area contributed by atoms with E-state index < -0.39 is 11.4 Å². The first kappa shape index (κ1) is 13.5. The normalized spacial score (nSPS) is 29.5. The molecule has 2 unspecified atom stereocenters. The number of carbonyl (C=O) groups is 1. The predicted octanol–water partition coefficient (Wildman–Crippen LogP) is 1.93. The van der Waals surface area contributed by atoms with Crippen molar-refractivity contribution in [3.63, 3.8) is 0 Å². The van der Waals surface area contributed by atoms with E-state index in [1.165, 1.54) is 0 Å². The highest BCUT2D eigenvalue weighted by Crippen LogP contribution is 2.44. The monoisotopic (exact) mass is 230 g/mol. The first-order chi connectivity index (χ1) is 7.60. The molecule has 0 heterocycles. The lowest BCUT2D eigenvalue weighted by Crippen LogP contribution is -2.29. The summed E-state index contributed by atoms with van der Waals surface area (Å²) in [5.74, 6) is -0.137. The molecule has 2 atom stereocenters. The Bertz CT molecular complexity index is 229. The van der Waals surface area contributed by atoms with Crippen LogP contribution < -0.4 is 0 Å². The summed E-state index contributed by atoms with van der Waals surface area (Å²) in [5.41, 5.74) is -0.535.